The molecule has 1 atom stereocenters. The van der Waals surface area contributed by atoms with E-state index in [9.17, 15) is 9.59 Å². The first kappa shape index (κ1) is 21.8. The molecule has 8 heteroatoms. The van der Waals surface area contributed by atoms with Crippen molar-refractivity contribution in [1.29, 1.82) is 0 Å². The highest BCUT2D eigenvalue weighted by molar-refractivity contribution is 7.98. The number of benzene rings is 1. The number of pyridine rings is 1. The van der Waals surface area contributed by atoms with Gasteiger partial charge in [-0.3, -0.25) is 14.6 Å². The van der Waals surface area contributed by atoms with Gasteiger partial charge in [-0.2, -0.15) is 11.8 Å². The Hall–Kier alpha value is -3.39. The van der Waals surface area contributed by atoms with Crippen molar-refractivity contribution in [2.24, 2.45) is 7.05 Å². The molecule has 0 spiro atoms. The molecule has 0 bridgehead atoms. The number of carbonyl (C=O) groups is 1. The average Bonchev–Trinajstić information content (AvgIpc) is 3.12. The molecule has 0 saturated carbocycles. The Kier molecular flexibility index (Phi) is 6.41. The first-order chi connectivity index (χ1) is 15.5. The second kappa shape index (κ2) is 9.40. The minimum atomic E-state index is -0.396. The van der Waals surface area contributed by atoms with E-state index < -0.39 is 6.04 Å². The lowest BCUT2D eigenvalue weighted by molar-refractivity contribution is 0.0927. The Morgan fingerprint density at radius 2 is 2.09 bits per heavy atom. The maximum Gasteiger partial charge on any atom is 0.268 e. The van der Waals surface area contributed by atoms with Crippen molar-refractivity contribution in [2.75, 3.05) is 12.0 Å². The van der Waals surface area contributed by atoms with Gasteiger partial charge < -0.3 is 14.9 Å². The number of nitrogens with one attached hydrogen (secondary N) is 2. The van der Waals surface area contributed by atoms with Crippen LogP contribution in [0, 0.1) is 6.92 Å². The van der Waals surface area contributed by atoms with Gasteiger partial charge in [0.25, 0.3) is 11.5 Å². The quantitative estimate of drug-likeness (QED) is 0.449. The van der Waals surface area contributed by atoms with Crippen LogP contribution in [0.2, 0.25) is 0 Å². The number of hydrogen-bond acceptors (Lipinski definition) is 5. The molecule has 1 amide bonds. The normalized spacial score (nSPS) is 12.1. The summed E-state index contributed by atoms with van der Waals surface area (Å²) in [6.45, 7) is 2.03. The number of H-pyrrole nitrogens is 1. The molecule has 0 aliphatic carbocycles. The Bertz CT molecular complexity index is 1310. The minimum absolute atomic E-state index is 0.197. The molecular weight excluding hydrogens is 422 g/mol. The third kappa shape index (κ3) is 4.60. The molecule has 0 saturated heterocycles. The smallest absolute Gasteiger partial charge is 0.268 e. The lowest BCUT2D eigenvalue weighted by Gasteiger charge is -2.19. The molecule has 164 valence electrons. The topological polar surface area (TPSA) is 92.7 Å². The highest BCUT2D eigenvalue weighted by Gasteiger charge is 2.21. The molecule has 1 unspecified atom stereocenters. The van der Waals surface area contributed by atoms with E-state index in [0.29, 0.717) is 29.2 Å². The lowest BCUT2D eigenvalue weighted by Crippen LogP contribution is -2.32. The Morgan fingerprint density at radius 1 is 1.25 bits per heavy atom. The van der Waals surface area contributed by atoms with Gasteiger partial charge in [0.15, 0.2) is 0 Å². The number of amides is 1. The van der Waals surface area contributed by atoms with Gasteiger partial charge in [-0.15, -0.1) is 0 Å². The number of aryl methyl sites for hydroxylation is 2. The predicted octanol–water partition coefficient (Wildman–Crippen LogP) is 3.86. The van der Waals surface area contributed by atoms with Crippen LogP contribution < -0.4 is 10.9 Å². The summed E-state index contributed by atoms with van der Waals surface area (Å²) in [6, 6.07) is 12.7. The van der Waals surface area contributed by atoms with Crippen LogP contribution in [0.4, 0.5) is 0 Å². The predicted molar refractivity (Wildman–Crippen MR) is 129 cm³/mol. The van der Waals surface area contributed by atoms with Crippen molar-refractivity contribution < 1.29 is 4.79 Å². The minimum Gasteiger partial charge on any atom is -0.342 e. The molecule has 3 heterocycles. The highest BCUT2D eigenvalue weighted by atomic mass is 32.2. The molecule has 0 radical (unpaired) electrons. The van der Waals surface area contributed by atoms with Crippen molar-refractivity contribution >= 4 is 28.6 Å². The van der Waals surface area contributed by atoms with E-state index in [-0.39, 0.29) is 11.5 Å². The van der Waals surface area contributed by atoms with Crippen molar-refractivity contribution in [2.45, 2.75) is 19.4 Å². The summed E-state index contributed by atoms with van der Waals surface area (Å²) < 4.78 is 1.89. The molecule has 1 aromatic carbocycles. The number of aromatic amines is 1. The Morgan fingerprint density at radius 3 is 2.84 bits per heavy atom. The number of nitrogens with zero attached hydrogens (tertiary/aromatic N) is 3. The zero-order valence-electron chi connectivity index (χ0n) is 18.3. The number of fused-ring (bicyclic) bond motifs is 1. The molecule has 0 aliphatic rings. The lowest BCUT2D eigenvalue weighted by atomic mass is 10.1. The van der Waals surface area contributed by atoms with E-state index in [1.165, 1.54) is 6.07 Å². The number of carbonyl (C=O) groups excluding carboxylic acids is 1. The average molecular weight is 448 g/mol. The molecular formula is C24H25N5O2S. The van der Waals surface area contributed by atoms with Crippen LogP contribution in [-0.2, 0) is 7.05 Å². The monoisotopic (exact) mass is 447 g/mol. The van der Waals surface area contributed by atoms with Crippen molar-refractivity contribution in [3.63, 3.8) is 0 Å². The Balaban J connectivity index is 1.68. The highest BCUT2D eigenvalue weighted by Crippen LogP contribution is 2.23. The van der Waals surface area contributed by atoms with E-state index in [0.717, 1.165) is 22.2 Å². The largest absolute Gasteiger partial charge is 0.342 e. The molecule has 0 fully saturated rings. The van der Waals surface area contributed by atoms with Crippen LogP contribution in [-0.4, -0.2) is 37.4 Å². The fourth-order valence-corrected chi connectivity index (χ4v) is 4.21. The molecule has 2 N–H and O–H groups in total. The second-order valence-corrected chi connectivity index (χ2v) is 8.70. The summed E-state index contributed by atoms with van der Waals surface area (Å²) in [6.07, 6.45) is 5.98. The van der Waals surface area contributed by atoms with Gasteiger partial charge in [-0.05, 0) is 55.7 Å². The van der Waals surface area contributed by atoms with Gasteiger partial charge in [0, 0.05) is 42.0 Å². The van der Waals surface area contributed by atoms with Gasteiger partial charge in [0.05, 0.1) is 11.7 Å². The molecule has 4 rings (SSSR count). The second-order valence-electron chi connectivity index (χ2n) is 7.72. The van der Waals surface area contributed by atoms with Crippen LogP contribution in [0.25, 0.3) is 22.3 Å². The van der Waals surface area contributed by atoms with Crippen molar-refractivity contribution in [1.82, 2.24) is 24.8 Å². The van der Waals surface area contributed by atoms with Crippen molar-refractivity contribution in [3.8, 4) is 11.4 Å². The van der Waals surface area contributed by atoms with E-state index in [1.54, 1.807) is 30.2 Å². The molecule has 3 aromatic heterocycles. The maximum atomic E-state index is 13.2. The fraction of sp³-hybridized carbons (Fsp3) is 0.250. The van der Waals surface area contributed by atoms with Gasteiger partial charge in [0.1, 0.15) is 11.5 Å². The standard InChI is InChI=1S/C24H25N5O2S/c1-15-6-7-20-17(11-15)12-21(29(20)2)24(31)27-18(8-10-32-3)19-13-22(30)28-23(26-19)16-5-4-9-25-14-16/h4-7,9,11-14,18H,8,10H2,1-3H3,(H,27,31)(H,26,28,30). The van der Waals surface area contributed by atoms with Crippen LogP contribution in [0.3, 0.4) is 0 Å². The summed E-state index contributed by atoms with van der Waals surface area (Å²) in [4.78, 5) is 37.1. The summed E-state index contributed by atoms with van der Waals surface area (Å²) >= 11 is 1.68. The fourth-order valence-electron chi connectivity index (χ4n) is 3.74. The number of thioether (sulfide) groups is 1. The Labute approximate surface area is 190 Å². The molecule has 4 aromatic rings. The van der Waals surface area contributed by atoms with Crippen LogP contribution in [0.1, 0.15) is 34.2 Å². The first-order valence-corrected chi connectivity index (χ1v) is 11.7. The van der Waals surface area contributed by atoms with Gasteiger partial charge >= 0.3 is 0 Å². The maximum absolute atomic E-state index is 13.2. The van der Waals surface area contributed by atoms with Gasteiger partial charge in [-0.25, -0.2) is 4.98 Å². The molecule has 0 aliphatic heterocycles. The SMILES string of the molecule is CSCCC(NC(=O)c1cc2cc(C)ccc2n1C)c1cc(=O)[nH]c(-c2cccnc2)n1. The summed E-state index contributed by atoms with van der Waals surface area (Å²) in [5.41, 5.74) is 3.68. The third-order valence-electron chi connectivity index (χ3n) is 5.40. The number of rotatable bonds is 7. The van der Waals surface area contributed by atoms with Crippen molar-refractivity contribution in [3.05, 3.63) is 82.2 Å². The zero-order chi connectivity index (χ0) is 22.7. The van der Waals surface area contributed by atoms with Gasteiger partial charge in [-0.1, -0.05) is 11.6 Å². The number of aromatic nitrogens is 4. The van der Waals surface area contributed by atoms with Crippen LogP contribution in [0.5, 0.6) is 0 Å². The summed E-state index contributed by atoms with van der Waals surface area (Å²) in [7, 11) is 1.88. The molecule has 32 heavy (non-hydrogen) atoms. The van der Waals surface area contributed by atoms with E-state index >= 15 is 0 Å². The summed E-state index contributed by atoms with van der Waals surface area (Å²) in [5, 5.41) is 4.12. The zero-order valence-corrected chi connectivity index (χ0v) is 19.1. The van der Waals surface area contributed by atoms with Crippen LogP contribution >= 0.6 is 11.8 Å². The first-order valence-electron chi connectivity index (χ1n) is 10.3. The number of hydrogen-bond donors (Lipinski definition) is 2. The van der Waals surface area contributed by atoms with E-state index in [2.05, 4.69) is 26.3 Å². The van der Waals surface area contributed by atoms with E-state index in [1.807, 2.05) is 49.1 Å². The third-order valence-corrected chi connectivity index (χ3v) is 6.04. The van der Waals surface area contributed by atoms with Gasteiger partial charge in [0.2, 0.25) is 0 Å². The molecule has 7 nitrogen and oxygen atoms in total. The summed E-state index contributed by atoms with van der Waals surface area (Å²) in [5.74, 6) is 1.05. The van der Waals surface area contributed by atoms with E-state index in [4.69, 9.17) is 0 Å². The van der Waals surface area contributed by atoms with Crippen LogP contribution in [0.15, 0.2) is 59.7 Å².